The third kappa shape index (κ3) is 3.71. The minimum atomic E-state index is -1.24. The Hall–Kier alpha value is -3.46. The van der Waals surface area contributed by atoms with Gasteiger partial charge in [0, 0.05) is 34.7 Å². The summed E-state index contributed by atoms with van der Waals surface area (Å²) in [6, 6.07) is 11.7. The molecule has 0 aliphatic carbocycles. The van der Waals surface area contributed by atoms with Gasteiger partial charge >= 0.3 is 5.97 Å². The Morgan fingerprint density at radius 3 is 2.70 bits per heavy atom. The molecule has 0 saturated carbocycles. The van der Waals surface area contributed by atoms with Gasteiger partial charge in [0.25, 0.3) is 11.5 Å². The van der Waals surface area contributed by atoms with E-state index in [2.05, 4.69) is 10.3 Å². The first kappa shape index (κ1) is 19.8. The highest BCUT2D eigenvalue weighted by Crippen LogP contribution is 2.36. The summed E-state index contributed by atoms with van der Waals surface area (Å²) in [6.45, 7) is -0.410. The van der Waals surface area contributed by atoms with Crippen molar-refractivity contribution in [2.75, 3.05) is 6.54 Å². The van der Waals surface area contributed by atoms with E-state index in [-0.39, 0.29) is 12.3 Å². The van der Waals surface area contributed by atoms with E-state index in [9.17, 15) is 19.5 Å². The molecule has 4 rings (SSSR count). The van der Waals surface area contributed by atoms with Gasteiger partial charge in [0.2, 0.25) is 0 Å². The van der Waals surface area contributed by atoms with Crippen LogP contribution in [0.15, 0.2) is 47.4 Å². The van der Waals surface area contributed by atoms with Gasteiger partial charge in [-0.1, -0.05) is 30.3 Å². The second-order valence-corrected chi connectivity index (χ2v) is 7.88. The largest absolute Gasteiger partial charge is 0.507 e. The average Bonchev–Trinajstić information content (AvgIpc) is 3.40. The maximum Gasteiger partial charge on any atom is 0.322 e. The molecule has 0 bridgehead atoms. The van der Waals surface area contributed by atoms with Crippen molar-refractivity contribution in [3.63, 3.8) is 0 Å². The van der Waals surface area contributed by atoms with Crippen LogP contribution >= 0.6 is 11.8 Å². The van der Waals surface area contributed by atoms with Crippen LogP contribution in [-0.2, 0) is 22.8 Å². The maximum absolute atomic E-state index is 13.1. The summed E-state index contributed by atoms with van der Waals surface area (Å²) >= 11 is 1.54. The van der Waals surface area contributed by atoms with Gasteiger partial charge in [0.1, 0.15) is 17.9 Å². The van der Waals surface area contributed by atoms with Crippen LogP contribution < -0.4 is 10.9 Å². The van der Waals surface area contributed by atoms with Crippen LogP contribution in [0.2, 0.25) is 0 Å². The highest BCUT2D eigenvalue weighted by atomic mass is 32.2. The van der Waals surface area contributed by atoms with E-state index >= 15 is 0 Å². The van der Waals surface area contributed by atoms with Crippen molar-refractivity contribution < 1.29 is 19.8 Å². The van der Waals surface area contributed by atoms with Crippen molar-refractivity contribution in [2.24, 2.45) is 0 Å². The van der Waals surface area contributed by atoms with E-state index in [0.717, 1.165) is 16.8 Å². The van der Waals surface area contributed by atoms with Crippen molar-refractivity contribution in [1.29, 1.82) is 0 Å². The number of aromatic hydroxyl groups is 1. The van der Waals surface area contributed by atoms with Crippen molar-refractivity contribution in [3.05, 3.63) is 75.3 Å². The fraction of sp³-hybridized carbons (Fsp3) is 0.190. The lowest BCUT2D eigenvalue weighted by Gasteiger charge is -2.15. The minimum absolute atomic E-state index is 0.227. The van der Waals surface area contributed by atoms with Crippen LogP contribution in [-0.4, -0.2) is 38.2 Å². The number of H-pyrrole nitrogens is 1. The number of carboxylic acid groups (broad SMARTS) is 1. The molecule has 0 spiro atoms. The van der Waals surface area contributed by atoms with Crippen LogP contribution in [0.3, 0.4) is 0 Å². The Kier molecular flexibility index (Phi) is 5.37. The lowest BCUT2D eigenvalue weighted by atomic mass is 10.1. The number of hydrogen-bond acceptors (Lipinski definition) is 5. The average molecular weight is 425 g/mol. The second kappa shape index (κ2) is 8.11. The number of pyridine rings is 1. The smallest absolute Gasteiger partial charge is 0.322 e. The zero-order valence-corrected chi connectivity index (χ0v) is 16.7. The van der Waals surface area contributed by atoms with E-state index in [1.54, 1.807) is 6.20 Å². The molecule has 1 aliphatic heterocycles. The van der Waals surface area contributed by atoms with Gasteiger partial charge in [-0.25, -0.2) is 0 Å². The van der Waals surface area contributed by atoms with Gasteiger partial charge < -0.3 is 25.1 Å². The summed E-state index contributed by atoms with van der Waals surface area (Å²) in [5.74, 6) is -1.47. The van der Waals surface area contributed by atoms with Gasteiger partial charge in [-0.05, 0) is 17.2 Å². The number of carbonyl (C=O) groups is 2. The molecular weight excluding hydrogens is 406 g/mol. The molecule has 0 fully saturated rings. The Morgan fingerprint density at radius 2 is 1.97 bits per heavy atom. The van der Waals surface area contributed by atoms with Gasteiger partial charge in [-0.3, -0.25) is 14.4 Å². The minimum Gasteiger partial charge on any atom is -0.507 e. The predicted molar refractivity (Wildman–Crippen MR) is 113 cm³/mol. The number of thioether (sulfide) groups is 1. The number of carboxylic acids is 1. The van der Waals surface area contributed by atoms with E-state index in [1.165, 1.54) is 16.3 Å². The fourth-order valence-corrected chi connectivity index (χ4v) is 4.62. The summed E-state index contributed by atoms with van der Waals surface area (Å²) in [7, 11) is 0. The van der Waals surface area contributed by atoms with Gasteiger partial charge in [-0.15, -0.1) is 0 Å². The van der Waals surface area contributed by atoms with Crippen LogP contribution in [0.5, 0.6) is 5.75 Å². The monoisotopic (exact) mass is 425 g/mol. The number of rotatable bonds is 6. The SMILES string of the molecule is O=C(O)CNC(=O)c1c(O)c2c(n(Cc3c[nH]c(-c4ccccc4)c3)c1=O)CSC2. The third-order valence-corrected chi connectivity index (χ3v) is 5.91. The first-order chi connectivity index (χ1) is 14.5. The number of nitrogens with one attached hydrogen (secondary N) is 2. The van der Waals surface area contributed by atoms with E-state index in [0.29, 0.717) is 22.8 Å². The number of aromatic amines is 1. The number of aliphatic carboxylic acids is 1. The van der Waals surface area contributed by atoms with E-state index in [4.69, 9.17) is 5.11 Å². The first-order valence-corrected chi connectivity index (χ1v) is 10.4. The molecule has 9 heteroatoms. The first-order valence-electron chi connectivity index (χ1n) is 9.23. The summed E-state index contributed by atoms with van der Waals surface area (Å²) < 4.78 is 1.49. The number of nitrogens with zero attached hydrogens (tertiary/aromatic N) is 1. The molecule has 2 aromatic heterocycles. The number of hydrogen-bond donors (Lipinski definition) is 4. The topological polar surface area (TPSA) is 124 Å². The van der Waals surface area contributed by atoms with Crippen LogP contribution in [0.1, 0.15) is 27.2 Å². The molecule has 30 heavy (non-hydrogen) atoms. The maximum atomic E-state index is 13.1. The van der Waals surface area contributed by atoms with Gasteiger partial charge in [0.05, 0.1) is 6.54 Å². The normalized spacial score (nSPS) is 12.5. The van der Waals surface area contributed by atoms with Crippen molar-refractivity contribution in [3.8, 4) is 17.0 Å². The molecule has 0 saturated heterocycles. The molecule has 1 amide bonds. The lowest BCUT2D eigenvalue weighted by molar-refractivity contribution is -0.135. The Morgan fingerprint density at radius 1 is 1.20 bits per heavy atom. The molecule has 3 heterocycles. The Labute approximate surface area is 175 Å². The summed E-state index contributed by atoms with van der Waals surface area (Å²) in [5.41, 5.74) is 2.92. The van der Waals surface area contributed by atoms with Gasteiger partial charge in [0.15, 0.2) is 0 Å². The molecular formula is C21H19N3O5S. The second-order valence-electron chi connectivity index (χ2n) is 6.90. The summed E-state index contributed by atoms with van der Waals surface area (Å²) in [5, 5.41) is 21.5. The molecule has 0 unspecified atom stereocenters. The highest BCUT2D eigenvalue weighted by Gasteiger charge is 2.28. The third-order valence-electron chi connectivity index (χ3n) is 4.94. The molecule has 1 aromatic carbocycles. The number of benzene rings is 1. The number of aromatic nitrogens is 2. The quantitative estimate of drug-likeness (QED) is 0.480. The molecule has 4 N–H and O–H groups in total. The number of carbonyl (C=O) groups excluding carboxylic acids is 1. The van der Waals surface area contributed by atoms with Crippen molar-refractivity contribution in [2.45, 2.75) is 18.1 Å². The van der Waals surface area contributed by atoms with Crippen LogP contribution in [0.25, 0.3) is 11.3 Å². The molecule has 154 valence electrons. The molecule has 1 aliphatic rings. The number of amides is 1. The van der Waals surface area contributed by atoms with Crippen LogP contribution in [0.4, 0.5) is 0 Å². The standard InChI is InChI=1S/C21H19N3O5S/c25-17(26)8-23-20(28)18-19(27)14-10-30-11-16(14)24(21(18)29)9-12-6-15(22-7-12)13-4-2-1-3-5-13/h1-7,22,27H,8-11H2,(H,23,28)(H,25,26). The molecule has 3 aromatic rings. The molecule has 8 nitrogen and oxygen atoms in total. The highest BCUT2D eigenvalue weighted by molar-refractivity contribution is 7.98. The summed E-state index contributed by atoms with van der Waals surface area (Å²) in [6.07, 6.45) is 1.81. The zero-order chi connectivity index (χ0) is 21.3. The summed E-state index contributed by atoms with van der Waals surface area (Å²) in [4.78, 5) is 39.5. The predicted octanol–water partition coefficient (Wildman–Crippen LogP) is 2.16. The fourth-order valence-electron chi connectivity index (χ4n) is 3.49. The lowest BCUT2D eigenvalue weighted by Crippen LogP contribution is -2.37. The zero-order valence-electron chi connectivity index (χ0n) is 15.8. The number of fused-ring (bicyclic) bond motifs is 1. The van der Waals surface area contributed by atoms with Crippen molar-refractivity contribution in [1.82, 2.24) is 14.9 Å². The van der Waals surface area contributed by atoms with Crippen LogP contribution in [0, 0.1) is 0 Å². The van der Waals surface area contributed by atoms with Gasteiger partial charge in [-0.2, -0.15) is 11.8 Å². The Balaban J connectivity index is 1.72. The Bertz CT molecular complexity index is 1180. The molecule has 0 radical (unpaired) electrons. The van der Waals surface area contributed by atoms with E-state index < -0.39 is 29.5 Å². The van der Waals surface area contributed by atoms with Crippen molar-refractivity contribution >= 4 is 23.6 Å². The molecule has 0 atom stereocenters. The van der Waals surface area contributed by atoms with E-state index in [1.807, 2.05) is 36.4 Å².